The van der Waals surface area contributed by atoms with Crippen LogP contribution in [0.15, 0.2) is 12.2 Å². The molecule has 0 saturated heterocycles. The third-order valence-electron chi connectivity index (χ3n) is 1.08. The van der Waals surface area contributed by atoms with Gasteiger partial charge in [0.15, 0.2) is 0 Å². The zero-order chi connectivity index (χ0) is 5.98. The van der Waals surface area contributed by atoms with Crippen LogP contribution in [0.4, 0.5) is 0 Å². The fourth-order valence-corrected chi connectivity index (χ4v) is 0.988. The second-order valence-corrected chi connectivity index (χ2v) is 3.01. The van der Waals surface area contributed by atoms with E-state index in [4.69, 9.17) is 5.73 Å². The van der Waals surface area contributed by atoms with E-state index >= 15 is 0 Å². The molecule has 1 aliphatic rings. The van der Waals surface area contributed by atoms with E-state index < -0.39 is 0 Å². The Balaban J connectivity index is 2.42. The molecule has 0 saturated carbocycles. The number of hydrogen-bond acceptors (Lipinski definition) is 2. The normalized spacial score (nSPS) is 37.8. The number of alkyl halides is 1. The largest absolute Gasteiger partial charge is 0.313 e. The molecule has 0 aromatic rings. The van der Waals surface area contributed by atoms with Gasteiger partial charge in [0.25, 0.3) is 0 Å². The number of hydrogen-bond donors (Lipinski definition) is 2. The van der Waals surface area contributed by atoms with Crippen molar-refractivity contribution in [3.63, 3.8) is 0 Å². The minimum atomic E-state index is 0.0591. The molecule has 1 aliphatic heterocycles. The van der Waals surface area contributed by atoms with Crippen molar-refractivity contribution in [2.45, 2.75) is 11.0 Å². The Morgan fingerprint density at radius 3 is 2.75 bits per heavy atom. The van der Waals surface area contributed by atoms with Crippen LogP contribution in [0, 0.1) is 0 Å². The molecule has 0 fully saturated rings. The second-order valence-electron chi connectivity index (χ2n) is 1.83. The summed E-state index contributed by atoms with van der Waals surface area (Å²) in [7, 11) is 0. The van der Waals surface area contributed by atoms with Gasteiger partial charge in [-0.2, -0.15) is 0 Å². The van der Waals surface area contributed by atoms with Gasteiger partial charge in [-0.3, -0.25) is 5.32 Å². The maximum absolute atomic E-state index is 5.48. The number of halogens is 1. The molecule has 46 valence electrons. The average Bonchev–Trinajstić information content (AvgIpc) is 1.77. The standard InChI is InChI=1S/C5H9BrN2/c6-4-1-2-5(7)8-3-4/h1-2,4-5,8H,3,7H2/t4-,5+/m1/s1. The van der Waals surface area contributed by atoms with Crippen LogP contribution in [-0.2, 0) is 0 Å². The third-order valence-corrected chi connectivity index (χ3v) is 1.70. The maximum atomic E-state index is 5.48. The maximum Gasteiger partial charge on any atom is 0.0739 e. The number of rotatable bonds is 0. The van der Waals surface area contributed by atoms with Crippen LogP contribution in [0.3, 0.4) is 0 Å². The predicted octanol–water partition coefficient (Wildman–Crippen LogP) is 0.194. The Bertz CT molecular complexity index is 90.6. The quantitative estimate of drug-likeness (QED) is 0.409. The number of nitrogens with two attached hydrogens (primary N) is 1. The fraction of sp³-hybridized carbons (Fsp3) is 0.600. The highest BCUT2D eigenvalue weighted by Crippen LogP contribution is 2.03. The molecule has 0 aromatic carbocycles. The highest BCUT2D eigenvalue weighted by atomic mass is 79.9. The molecule has 0 bridgehead atoms. The Labute approximate surface area is 57.3 Å². The zero-order valence-corrected chi connectivity index (χ0v) is 6.06. The summed E-state index contributed by atoms with van der Waals surface area (Å²) >= 11 is 3.41. The molecule has 0 unspecified atom stereocenters. The van der Waals surface area contributed by atoms with Gasteiger partial charge < -0.3 is 5.73 Å². The van der Waals surface area contributed by atoms with E-state index in [-0.39, 0.29) is 6.17 Å². The summed E-state index contributed by atoms with van der Waals surface area (Å²) < 4.78 is 0. The van der Waals surface area contributed by atoms with Crippen molar-refractivity contribution in [3.05, 3.63) is 12.2 Å². The molecule has 0 aromatic heterocycles. The van der Waals surface area contributed by atoms with Gasteiger partial charge in [-0.05, 0) is 0 Å². The van der Waals surface area contributed by atoms with E-state index in [0.29, 0.717) is 4.83 Å². The molecule has 8 heavy (non-hydrogen) atoms. The van der Waals surface area contributed by atoms with Crippen LogP contribution in [0.5, 0.6) is 0 Å². The number of nitrogens with one attached hydrogen (secondary N) is 1. The SMILES string of the molecule is N[C@@H]1C=C[C@@H](Br)CN1. The van der Waals surface area contributed by atoms with Gasteiger partial charge in [-0.25, -0.2) is 0 Å². The van der Waals surface area contributed by atoms with Crippen molar-refractivity contribution in [1.29, 1.82) is 0 Å². The van der Waals surface area contributed by atoms with Crippen molar-refractivity contribution >= 4 is 15.9 Å². The molecular formula is C5H9BrN2. The monoisotopic (exact) mass is 176 g/mol. The van der Waals surface area contributed by atoms with Crippen molar-refractivity contribution in [2.24, 2.45) is 5.73 Å². The second kappa shape index (κ2) is 2.62. The molecule has 0 radical (unpaired) electrons. The summed E-state index contributed by atoms with van der Waals surface area (Å²) in [5, 5.41) is 3.08. The topological polar surface area (TPSA) is 38.0 Å². The molecule has 1 rings (SSSR count). The zero-order valence-electron chi connectivity index (χ0n) is 4.47. The van der Waals surface area contributed by atoms with Crippen molar-refractivity contribution in [2.75, 3.05) is 6.54 Å². The van der Waals surface area contributed by atoms with E-state index in [1.54, 1.807) is 0 Å². The van der Waals surface area contributed by atoms with Gasteiger partial charge in [0.1, 0.15) is 0 Å². The Morgan fingerprint density at radius 2 is 2.38 bits per heavy atom. The minimum Gasteiger partial charge on any atom is -0.313 e. The van der Waals surface area contributed by atoms with Gasteiger partial charge in [-0.1, -0.05) is 28.1 Å². The summed E-state index contributed by atoms with van der Waals surface area (Å²) in [6, 6.07) is 0. The lowest BCUT2D eigenvalue weighted by atomic mass is 10.3. The van der Waals surface area contributed by atoms with Gasteiger partial charge in [0, 0.05) is 11.4 Å². The summed E-state index contributed by atoms with van der Waals surface area (Å²) in [5.41, 5.74) is 5.48. The fourth-order valence-electron chi connectivity index (χ4n) is 0.625. The molecule has 2 nitrogen and oxygen atoms in total. The highest BCUT2D eigenvalue weighted by Gasteiger charge is 2.06. The smallest absolute Gasteiger partial charge is 0.0739 e. The van der Waals surface area contributed by atoms with E-state index in [9.17, 15) is 0 Å². The molecule has 3 heteroatoms. The first-order chi connectivity index (χ1) is 3.79. The Kier molecular flexibility index (Phi) is 2.05. The average molecular weight is 177 g/mol. The van der Waals surface area contributed by atoms with Gasteiger partial charge >= 0.3 is 0 Å². The van der Waals surface area contributed by atoms with Crippen LogP contribution in [0.2, 0.25) is 0 Å². The first-order valence-corrected chi connectivity index (χ1v) is 3.52. The molecule has 0 amide bonds. The van der Waals surface area contributed by atoms with Crippen molar-refractivity contribution < 1.29 is 0 Å². The lowest BCUT2D eigenvalue weighted by molar-refractivity contribution is 0.601. The molecule has 1 heterocycles. The lowest BCUT2D eigenvalue weighted by Crippen LogP contribution is -2.41. The summed E-state index contributed by atoms with van der Waals surface area (Å²) in [5.74, 6) is 0. The van der Waals surface area contributed by atoms with Crippen LogP contribution < -0.4 is 11.1 Å². The molecule has 2 atom stereocenters. The van der Waals surface area contributed by atoms with Crippen LogP contribution >= 0.6 is 15.9 Å². The molecular weight excluding hydrogens is 168 g/mol. The molecule has 0 spiro atoms. The highest BCUT2D eigenvalue weighted by molar-refractivity contribution is 9.09. The van der Waals surface area contributed by atoms with E-state index in [1.165, 1.54) is 0 Å². The lowest BCUT2D eigenvalue weighted by Gasteiger charge is -2.16. The Morgan fingerprint density at radius 1 is 1.62 bits per heavy atom. The Hall–Kier alpha value is 0.140. The van der Waals surface area contributed by atoms with Crippen LogP contribution in [-0.4, -0.2) is 17.5 Å². The minimum absolute atomic E-state index is 0.0591. The van der Waals surface area contributed by atoms with Crippen LogP contribution in [0.25, 0.3) is 0 Å². The van der Waals surface area contributed by atoms with Crippen LogP contribution in [0.1, 0.15) is 0 Å². The van der Waals surface area contributed by atoms with Gasteiger partial charge in [-0.15, -0.1) is 0 Å². The van der Waals surface area contributed by atoms with E-state index in [2.05, 4.69) is 27.3 Å². The molecule has 0 aliphatic carbocycles. The van der Waals surface area contributed by atoms with Gasteiger partial charge in [0.05, 0.1) is 6.17 Å². The van der Waals surface area contributed by atoms with Crippen molar-refractivity contribution in [1.82, 2.24) is 5.32 Å². The summed E-state index contributed by atoms with van der Waals surface area (Å²) in [6.07, 6.45) is 4.06. The summed E-state index contributed by atoms with van der Waals surface area (Å²) in [4.78, 5) is 0.460. The van der Waals surface area contributed by atoms with E-state index in [0.717, 1.165) is 6.54 Å². The van der Waals surface area contributed by atoms with E-state index in [1.807, 2.05) is 6.08 Å². The first-order valence-electron chi connectivity index (χ1n) is 2.60. The first kappa shape index (κ1) is 6.26. The molecule has 3 N–H and O–H groups in total. The predicted molar refractivity (Wildman–Crippen MR) is 37.8 cm³/mol. The third kappa shape index (κ3) is 1.58. The summed E-state index contributed by atoms with van der Waals surface area (Å²) in [6.45, 7) is 0.928. The van der Waals surface area contributed by atoms with Crippen molar-refractivity contribution in [3.8, 4) is 0 Å². The van der Waals surface area contributed by atoms with Gasteiger partial charge in [0.2, 0.25) is 0 Å².